The lowest BCUT2D eigenvalue weighted by Crippen LogP contribution is -2.44. The molecule has 2 aliphatic rings. The molecule has 2 aliphatic heterocycles. The molecule has 1 atom stereocenters. The van der Waals surface area contributed by atoms with Crippen molar-refractivity contribution in [3.05, 3.63) is 29.6 Å². The van der Waals surface area contributed by atoms with Gasteiger partial charge in [0.1, 0.15) is 5.82 Å². The highest BCUT2D eigenvalue weighted by Crippen LogP contribution is 2.27. The second-order valence-corrected chi connectivity index (χ2v) is 8.19. The normalized spacial score (nSPS) is 23.1. The van der Waals surface area contributed by atoms with Crippen LogP contribution in [0.25, 0.3) is 0 Å². The Balaban J connectivity index is 1.63. The number of hydrogen-bond acceptors (Lipinski definition) is 4. The molecule has 22 heavy (non-hydrogen) atoms. The fourth-order valence-corrected chi connectivity index (χ4v) is 4.84. The summed E-state index contributed by atoms with van der Waals surface area (Å²) in [7, 11) is -3.00. The van der Waals surface area contributed by atoms with Crippen molar-refractivity contribution in [3.8, 4) is 0 Å². The first-order valence-corrected chi connectivity index (χ1v) is 9.28. The van der Waals surface area contributed by atoms with E-state index in [2.05, 4.69) is 5.32 Å². The lowest BCUT2D eigenvalue weighted by Gasteiger charge is -2.31. The third kappa shape index (κ3) is 3.40. The van der Waals surface area contributed by atoms with E-state index in [0.717, 1.165) is 30.6 Å². The van der Waals surface area contributed by atoms with Crippen molar-refractivity contribution in [2.24, 2.45) is 0 Å². The van der Waals surface area contributed by atoms with Crippen LogP contribution >= 0.6 is 0 Å². The number of hydrogen-bond donors (Lipinski definition) is 1. The third-order valence-electron chi connectivity index (χ3n) is 4.19. The molecule has 0 bridgehead atoms. The van der Waals surface area contributed by atoms with Crippen LogP contribution < -0.4 is 10.2 Å². The van der Waals surface area contributed by atoms with Crippen LogP contribution in [0.15, 0.2) is 18.2 Å². The van der Waals surface area contributed by atoms with E-state index in [1.807, 2.05) is 4.90 Å². The number of sulfone groups is 1. The van der Waals surface area contributed by atoms with Gasteiger partial charge >= 0.3 is 0 Å². The zero-order valence-electron chi connectivity index (χ0n) is 12.2. The quantitative estimate of drug-likeness (QED) is 0.895. The summed E-state index contributed by atoms with van der Waals surface area (Å²) in [6.07, 6.45) is 2.17. The minimum atomic E-state index is -3.00. The largest absolute Gasteiger partial charge is 0.362 e. The van der Waals surface area contributed by atoms with E-state index in [9.17, 15) is 17.6 Å². The molecule has 0 unspecified atom stereocenters. The summed E-state index contributed by atoms with van der Waals surface area (Å²) in [5.41, 5.74) is 1.81. The first-order valence-electron chi connectivity index (χ1n) is 7.46. The number of rotatable bonds is 3. The zero-order valence-corrected chi connectivity index (χ0v) is 13.0. The molecule has 1 saturated heterocycles. The highest BCUT2D eigenvalue weighted by molar-refractivity contribution is 7.91. The topological polar surface area (TPSA) is 66.5 Å². The average Bonchev–Trinajstić information content (AvgIpc) is 2.77. The van der Waals surface area contributed by atoms with Crippen LogP contribution in [0, 0.1) is 5.82 Å². The molecule has 0 aromatic heterocycles. The fraction of sp³-hybridized carbons (Fsp3) is 0.533. The van der Waals surface area contributed by atoms with Gasteiger partial charge in [0.25, 0.3) is 0 Å². The van der Waals surface area contributed by atoms with Crippen LogP contribution in [-0.4, -0.2) is 45.0 Å². The maximum absolute atomic E-state index is 13.3. The maximum Gasteiger partial charge on any atom is 0.239 e. The highest BCUT2D eigenvalue weighted by atomic mass is 32.2. The predicted octanol–water partition coefficient (Wildman–Crippen LogP) is 0.882. The van der Waals surface area contributed by atoms with Crippen LogP contribution in [0.3, 0.4) is 0 Å². The molecule has 0 saturated carbocycles. The van der Waals surface area contributed by atoms with Gasteiger partial charge in [0.15, 0.2) is 9.84 Å². The van der Waals surface area contributed by atoms with Gasteiger partial charge < -0.3 is 10.2 Å². The van der Waals surface area contributed by atoms with Crippen LogP contribution in [0.2, 0.25) is 0 Å². The van der Waals surface area contributed by atoms with E-state index in [-0.39, 0.29) is 35.8 Å². The van der Waals surface area contributed by atoms with Crippen molar-refractivity contribution >= 4 is 21.4 Å². The minimum absolute atomic E-state index is 0.0283. The SMILES string of the molecule is O=C(CN1CCCc2cc(F)ccc21)N[C@@H]1CCS(=O)(=O)C1. The standard InChI is InChI=1S/C15H19FN2O3S/c16-12-3-4-14-11(8-12)2-1-6-18(14)9-15(19)17-13-5-7-22(20,21)10-13/h3-4,8,13H,1-2,5-7,9-10H2,(H,17,19)/t13-/m1/s1. The third-order valence-corrected chi connectivity index (χ3v) is 5.96. The Morgan fingerprint density at radius 3 is 2.95 bits per heavy atom. The van der Waals surface area contributed by atoms with Gasteiger partial charge in [-0.2, -0.15) is 0 Å². The summed E-state index contributed by atoms with van der Waals surface area (Å²) < 4.78 is 36.1. The van der Waals surface area contributed by atoms with Gasteiger partial charge in [-0.1, -0.05) is 0 Å². The number of carbonyl (C=O) groups excluding carboxylic acids is 1. The number of halogens is 1. The molecule has 1 aromatic rings. The lowest BCUT2D eigenvalue weighted by atomic mass is 10.0. The number of nitrogens with one attached hydrogen (secondary N) is 1. The fourth-order valence-electron chi connectivity index (χ4n) is 3.16. The van der Waals surface area contributed by atoms with Gasteiger partial charge in [-0.25, -0.2) is 12.8 Å². The van der Waals surface area contributed by atoms with E-state index in [4.69, 9.17) is 0 Å². The first kappa shape index (κ1) is 15.3. The van der Waals surface area contributed by atoms with Crippen molar-refractivity contribution in [1.82, 2.24) is 5.32 Å². The van der Waals surface area contributed by atoms with Gasteiger partial charge in [0.2, 0.25) is 5.91 Å². The number of aryl methyl sites for hydroxylation is 1. The second-order valence-electron chi connectivity index (χ2n) is 5.97. The monoisotopic (exact) mass is 326 g/mol. The lowest BCUT2D eigenvalue weighted by molar-refractivity contribution is -0.120. The van der Waals surface area contributed by atoms with E-state index in [1.165, 1.54) is 12.1 Å². The predicted molar refractivity (Wildman–Crippen MR) is 82.1 cm³/mol. The van der Waals surface area contributed by atoms with E-state index < -0.39 is 9.84 Å². The number of amides is 1. The van der Waals surface area contributed by atoms with Gasteiger partial charge in [-0.15, -0.1) is 0 Å². The van der Waals surface area contributed by atoms with Gasteiger partial charge in [-0.05, 0) is 43.0 Å². The Kier molecular flexibility index (Phi) is 4.08. The Morgan fingerprint density at radius 1 is 1.41 bits per heavy atom. The number of anilines is 1. The molecule has 1 amide bonds. The average molecular weight is 326 g/mol. The summed E-state index contributed by atoms with van der Waals surface area (Å²) >= 11 is 0. The molecular formula is C15H19FN2O3S. The maximum atomic E-state index is 13.3. The Labute approximate surface area is 129 Å². The minimum Gasteiger partial charge on any atom is -0.362 e. The highest BCUT2D eigenvalue weighted by Gasteiger charge is 2.29. The van der Waals surface area contributed by atoms with Crippen molar-refractivity contribution in [3.63, 3.8) is 0 Å². The first-order chi connectivity index (χ1) is 10.4. The van der Waals surface area contributed by atoms with E-state index in [0.29, 0.717) is 6.42 Å². The number of carbonyl (C=O) groups is 1. The van der Waals surface area contributed by atoms with E-state index >= 15 is 0 Å². The zero-order chi connectivity index (χ0) is 15.7. The summed E-state index contributed by atoms with van der Waals surface area (Å²) in [5, 5.41) is 2.79. The van der Waals surface area contributed by atoms with Crippen LogP contribution in [0.5, 0.6) is 0 Å². The molecule has 2 heterocycles. The molecule has 0 aliphatic carbocycles. The summed E-state index contributed by atoms with van der Waals surface area (Å²) in [6, 6.07) is 4.34. The Bertz CT molecular complexity index is 690. The Morgan fingerprint density at radius 2 is 2.23 bits per heavy atom. The van der Waals surface area contributed by atoms with Crippen LogP contribution in [0.1, 0.15) is 18.4 Å². The number of benzene rings is 1. The van der Waals surface area contributed by atoms with E-state index in [1.54, 1.807) is 6.07 Å². The van der Waals surface area contributed by atoms with Crippen molar-refractivity contribution in [2.75, 3.05) is 29.5 Å². The van der Waals surface area contributed by atoms with Crippen molar-refractivity contribution < 1.29 is 17.6 Å². The van der Waals surface area contributed by atoms with Crippen molar-refractivity contribution in [1.29, 1.82) is 0 Å². The summed E-state index contributed by atoms with van der Waals surface area (Å²) in [5.74, 6) is -0.273. The molecule has 1 aromatic carbocycles. The summed E-state index contributed by atoms with van der Waals surface area (Å²) in [6.45, 7) is 0.921. The molecule has 3 rings (SSSR count). The van der Waals surface area contributed by atoms with Gasteiger partial charge in [0.05, 0.1) is 18.1 Å². The van der Waals surface area contributed by atoms with Crippen LogP contribution in [-0.2, 0) is 21.1 Å². The molecule has 0 radical (unpaired) electrons. The number of nitrogens with zero attached hydrogens (tertiary/aromatic N) is 1. The molecular weight excluding hydrogens is 307 g/mol. The van der Waals surface area contributed by atoms with Gasteiger partial charge in [-0.3, -0.25) is 4.79 Å². The molecule has 0 spiro atoms. The molecule has 1 fully saturated rings. The molecule has 7 heteroatoms. The molecule has 120 valence electrons. The molecule has 1 N–H and O–H groups in total. The summed E-state index contributed by atoms with van der Waals surface area (Å²) in [4.78, 5) is 14.1. The molecule has 5 nitrogen and oxygen atoms in total. The Hall–Kier alpha value is -1.63. The van der Waals surface area contributed by atoms with Crippen LogP contribution in [0.4, 0.5) is 10.1 Å². The second kappa shape index (κ2) is 5.87. The number of fused-ring (bicyclic) bond motifs is 1. The van der Waals surface area contributed by atoms with Crippen molar-refractivity contribution in [2.45, 2.75) is 25.3 Å². The smallest absolute Gasteiger partial charge is 0.239 e. The van der Waals surface area contributed by atoms with Gasteiger partial charge in [0, 0.05) is 18.3 Å².